The molecule has 0 radical (unpaired) electrons. The number of hydrogen-bond donors (Lipinski definition) is 2. The first-order chi connectivity index (χ1) is 11.8. The van der Waals surface area contributed by atoms with Crippen LogP contribution in [0.5, 0.6) is 0 Å². The van der Waals surface area contributed by atoms with Crippen molar-refractivity contribution in [3.63, 3.8) is 0 Å². The summed E-state index contributed by atoms with van der Waals surface area (Å²) < 4.78 is 7.18. The van der Waals surface area contributed by atoms with Crippen molar-refractivity contribution < 1.29 is 4.42 Å². The van der Waals surface area contributed by atoms with Crippen LogP contribution < -0.4 is 10.6 Å². The number of aliphatic imine (C=N–C) groups is 1. The van der Waals surface area contributed by atoms with Crippen LogP contribution in [0.4, 0.5) is 0 Å². The minimum Gasteiger partial charge on any atom is -0.467 e. The second-order valence-corrected chi connectivity index (χ2v) is 5.31. The maximum absolute atomic E-state index is 5.29. The molecular formula is C18H22IN5O. The minimum absolute atomic E-state index is 0. The normalized spacial score (nSPS) is 11.0. The summed E-state index contributed by atoms with van der Waals surface area (Å²) in [6.07, 6.45) is 6.48. The molecule has 0 unspecified atom stereocenters. The molecular weight excluding hydrogens is 429 g/mol. The minimum atomic E-state index is 0. The van der Waals surface area contributed by atoms with Gasteiger partial charge in [-0.25, -0.2) is 4.68 Å². The summed E-state index contributed by atoms with van der Waals surface area (Å²) in [5.74, 6) is 1.63. The lowest BCUT2D eigenvalue weighted by molar-refractivity contribution is 0.501. The quantitative estimate of drug-likeness (QED) is 0.344. The first-order valence-electron chi connectivity index (χ1n) is 7.91. The van der Waals surface area contributed by atoms with E-state index in [1.165, 1.54) is 5.56 Å². The van der Waals surface area contributed by atoms with Gasteiger partial charge in [-0.1, -0.05) is 18.2 Å². The molecule has 0 aliphatic carbocycles. The van der Waals surface area contributed by atoms with E-state index in [0.29, 0.717) is 6.54 Å². The van der Waals surface area contributed by atoms with Crippen molar-refractivity contribution in [1.82, 2.24) is 20.4 Å². The van der Waals surface area contributed by atoms with E-state index in [1.807, 2.05) is 53.3 Å². The van der Waals surface area contributed by atoms with Crippen LogP contribution in [0.1, 0.15) is 11.3 Å². The van der Waals surface area contributed by atoms with Crippen molar-refractivity contribution in [2.24, 2.45) is 4.99 Å². The largest absolute Gasteiger partial charge is 0.467 e. The van der Waals surface area contributed by atoms with Crippen molar-refractivity contribution >= 4 is 29.9 Å². The fourth-order valence-electron chi connectivity index (χ4n) is 2.34. The number of hydrogen-bond acceptors (Lipinski definition) is 3. The second kappa shape index (κ2) is 9.87. The highest BCUT2D eigenvalue weighted by molar-refractivity contribution is 14.0. The van der Waals surface area contributed by atoms with Crippen molar-refractivity contribution in [2.75, 3.05) is 13.6 Å². The molecule has 0 amide bonds. The van der Waals surface area contributed by atoms with Gasteiger partial charge in [0.25, 0.3) is 0 Å². The summed E-state index contributed by atoms with van der Waals surface area (Å²) in [4.78, 5) is 4.20. The van der Waals surface area contributed by atoms with Crippen LogP contribution in [0, 0.1) is 0 Å². The molecule has 1 aromatic carbocycles. The van der Waals surface area contributed by atoms with Gasteiger partial charge in [0.15, 0.2) is 5.96 Å². The van der Waals surface area contributed by atoms with Crippen molar-refractivity contribution in [3.05, 3.63) is 72.4 Å². The van der Waals surface area contributed by atoms with Crippen LogP contribution in [-0.4, -0.2) is 29.3 Å². The highest BCUT2D eigenvalue weighted by Crippen LogP contribution is 2.07. The molecule has 2 heterocycles. The number of benzene rings is 1. The molecule has 2 N–H and O–H groups in total. The van der Waals surface area contributed by atoms with E-state index in [9.17, 15) is 0 Å². The number of guanidine groups is 1. The average Bonchev–Trinajstić information content (AvgIpc) is 3.30. The van der Waals surface area contributed by atoms with E-state index in [4.69, 9.17) is 4.42 Å². The fourth-order valence-corrected chi connectivity index (χ4v) is 2.34. The van der Waals surface area contributed by atoms with Crippen molar-refractivity contribution in [1.29, 1.82) is 0 Å². The summed E-state index contributed by atoms with van der Waals surface area (Å²) >= 11 is 0. The molecule has 6 nitrogen and oxygen atoms in total. The van der Waals surface area contributed by atoms with Gasteiger partial charge in [-0.05, 0) is 36.2 Å². The Bertz CT molecular complexity index is 768. The molecule has 132 valence electrons. The Morgan fingerprint density at radius 1 is 1.16 bits per heavy atom. The van der Waals surface area contributed by atoms with Gasteiger partial charge >= 0.3 is 0 Å². The zero-order valence-electron chi connectivity index (χ0n) is 14.1. The average molecular weight is 451 g/mol. The number of nitrogens with one attached hydrogen (secondary N) is 2. The lowest BCUT2D eigenvalue weighted by Gasteiger charge is -2.10. The summed E-state index contributed by atoms with van der Waals surface area (Å²) in [6.45, 7) is 1.39. The van der Waals surface area contributed by atoms with Crippen molar-refractivity contribution in [2.45, 2.75) is 13.0 Å². The van der Waals surface area contributed by atoms with Crippen molar-refractivity contribution in [3.8, 4) is 5.69 Å². The van der Waals surface area contributed by atoms with Gasteiger partial charge in [-0.15, -0.1) is 24.0 Å². The van der Waals surface area contributed by atoms with Gasteiger partial charge in [0.05, 0.1) is 24.7 Å². The molecule has 0 aliphatic heterocycles. The Labute approximate surface area is 164 Å². The second-order valence-electron chi connectivity index (χ2n) is 5.31. The van der Waals surface area contributed by atoms with Gasteiger partial charge in [0, 0.05) is 19.8 Å². The first-order valence-corrected chi connectivity index (χ1v) is 7.91. The van der Waals surface area contributed by atoms with E-state index < -0.39 is 0 Å². The lowest BCUT2D eigenvalue weighted by Crippen LogP contribution is -2.37. The Kier molecular flexibility index (Phi) is 7.52. The molecule has 0 saturated heterocycles. The molecule has 0 spiro atoms. The van der Waals surface area contributed by atoms with Crippen LogP contribution in [-0.2, 0) is 13.0 Å². The summed E-state index contributed by atoms with van der Waals surface area (Å²) in [5, 5.41) is 10.9. The summed E-state index contributed by atoms with van der Waals surface area (Å²) in [7, 11) is 1.75. The van der Waals surface area contributed by atoms with E-state index in [1.54, 1.807) is 13.3 Å². The number of halogens is 1. The number of furan rings is 1. The van der Waals surface area contributed by atoms with Gasteiger partial charge in [0.1, 0.15) is 5.76 Å². The fraction of sp³-hybridized carbons (Fsp3) is 0.222. The van der Waals surface area contributed by atoms with Crippen LogP contribution in [0.15, 0.2) is 70.5 Å². The maximum Gasteiger partial charge on any atom is 0.191 e. The van der Waals surface area contributed by atoms with E-state index in [2.05, 4.69) is 26.9 Å². The van der Waals surface area contributed by atoms with Crippen LogP contribution in [0.25, 0.3) is 5.69 Å². The van der Waals surface area contributed by atoms with Crippen LogP contribution in [0.3, 0.4) is 0 Å². The van der Waals surface area contributed by atoms with Crippen LogP contribution >= 0.6 is 24.0 Å². The van der Waals surface area contributed by atoms with Crippen LogP contribution in [0.2, 0.25) is 0 Å². The monoisotopic (exact) mass is 451 g/mol. The van der Waals surface area contributed by atoms with Gasteiger partial charge in [-0.2, -0.15) is 5.10 Å². The zero-order valence-corrected chi connectivity index (χ0v) is 16.4. The van der Waals surface area contributed by atoms with E-state index in [0.717, 1.165) is 30.4 Å². The molecule has 0 fully saturated rings. The Morgan fingerprint density at radius 3 is 2.72 bits per heavy atom. The number of rotatable bonds is 6. The third-order valence-corrected chi connectivity index (χ3v) is 3.60. The zero-order chi connectivity index (χ0) is 16.6. The maximum atomic E-state index is 5.29. The SMILES string of the molecule is CN=C(NCCc1cnn(-c2ccccc2)c1)NCc1ccco1.I. The Hall–Kier alpha value is -2.29. The molecule has 25 heavy (non-hydrogen) atoms. The molecule has 0 bridgehead atoms. The number of aromatic nitrogens is 2. The molecule has 0 aliphatic rings. The van der Waals surface area contributed by atoms with E-state index in [-0.39, 0.29) is 24.0 Å². The van der Waals surface area contributed by atoms with Gasteiger partial charge in [0.2, 0.25) is 0 Å². The third-order valence-electron chi connectivity index (χ3n) is 3.60. The number of para-hydroxylation sites is 1. The van der Waals surface area contributed by atoms with E-state index >= 15 is 0 Å². The Balaban J connectivity index is 0.00000225. The highest BCUT2D eigenvalue weighted by Gasteiger charge is 2.03. The smallest absolute Gasteiger partial charge is 0.191 e. The summed E-state index contributed by atoms with van der Waals surface area (Å²) in [6, 6.07) is 13.9. The molecule has 2 aromatic heterocycles. The molecule has 3 rings (SSSR count). The third kappa shape index (κ3) is 5.63. The molecule has 7 heteroatoms. The first kappa shape index (κ1) is 19.0. The number of nitrogens with zero attached hydrogens (tertiary/aromatic N) is 3. The standard InChI is InChI=1S/C18H21N5O.HI/c1-19-18(21-13-17-8-5-11-24-17)20-10-9-15-12-22-23(14-15)16-6-3-2-4-7-16;/h2-8,11-12,14H,9-10,13H2,1H3,(H2,19,20,21);1H. The highest BCUT2D eigenvalue weighted by atomic mass is 127. The van der Waals surface area contributed by atoms with Gasteiger partial charge < -0.3 is 15.1 Å². The van der Waals surface area contributed by atoms with Gasteiger partial charge in [-0.3, -0.25) is 4.99 Å². The predicted octanol–water partition coefficient (Wildman–Crippen LogP) is 2.99. The Morgan fingerprint density at radius 2 is 2.00 bits per heavy atom. The lowest BCUT2D eigenvalue weighted by atomic mass is 10.2. The molecule has 0 saturated carbocycles. The topological polar surface area (TPSA) is 67.4 Å². The predicted molar refractivity (Wildman–Crippen MR) is 110 cm³/mol. The molecule has 3 aromatic rings. The molecule has 0 atom stereocenters. The summed E-state index contributed by atoms with van der Waals surface area (Å²) in [5.41, 5.74) is 2.24.